The monoisotopic (exact) mass is 245 g/mol. The van der Waals surface area contributed by atoms with E-state index in [4.69, 9.17) is 9.47 Å². The zero-order chi connectivity index (χ0) is 12.5. The van der Waals surface area contributed by atoms with Crippen LogP contribution in [-0.2, 0) is 14.3 Å². The minimum Gasteiger partial charge on any atom is -0.464 e. The number of likely N-dealkylation sites (N-methyl/N-ethyl adjacent to an activating group) is 1. The Balaban J connectivity index is 1.92. The van der Waals surface area contributed by atoms with Crippen LogP contribution >= 0.6 is 0 Å². The first-order valence-corrected chi connectivity index (χ1v) is 6.12. The van der Waals surface area contributed by atoms with Gasteiger partial charge in [0.2, 0.25) is 0 Å². The summed E-state index contributed by atoms with van der Waals surface area (Å²) in [6.07, 6.45) is 0. The van der Waals surface area contributed by atoms with E-state index in [1.165, 1.54) is 0 Å². The molecule has 1 rings (SSSR count). The molecule has 0 spiro atoms. The van der Waals surface area contributed by atoms with Crippen LogP contribution in [0.1, 0.15) is 6.92 Å². The number of rotatable bonds is 7. The molecule has 1 N–H and O–H groups in total. The molecular weight excluding hydrogens is 222 g/mol. The van der Waals surface area contributed by atoms with E-state index in [9.17, 15) is 4.79 Å². The maximum Gasteiger partial charge on any atom is 0.332 e. The van der Waals surface area contributed by atoms with Gasteiger partial charge in [-0.15, -0.1) is 0 Å². The molecule has 6 heteroatoms. The van der Waals surface area contributed by atoms with E-state index in [2.05, 4.69) is 22.4 Å². The van der Waals surface area contributed by atoms with Gasteiger partial charge >= 0.3 is 5.97 Å². The third kappa shape index (κ3) is 6.58. The number of nitrogens with zero attached hydrogens (tertiary/aromatic N) is 2. The molecule has 6 nitrogen and oxygen atoms in total. The van der Waals surface area contributed by atoms with Crippen molar-refractivity contribution in [1.82, 2.24) is 15.3 Å². The van der Waals surface area contributed by atoms with Crippen molar-refractivity contribution >= 4 is 5.97 Å². The Hall–Kier alpha value is -0.690. The first-order chi connectivity index (χ1) is 8.22. The minimum atomic E-state index is -0.299. The standard InChI is InChI=1S/C11H23N3O3/c1-3-17-11(15)10-16-9-4-12-14-7-5-13(2)6-8-14/h12H,3-10H2,1-2H3. The maximum atomic E-state index is 11.0. The first kappa shape index (κ1) is 14.4. The minimum absolute atomic E-state index is 0.0399. The van der Waals surface area contributed by atoms with E-state index in [0.29, 0.717) is 13.2 Å². The van der Waals surface area contributed by atoms with Gasteiger partial charge in [0.1, 0.15) is 6.61 Å². The summed E-state index contributed by atoms with van der Waals surface area (Å²) in [4.78, 5) is 13.3. The highest BCUT2D eigenvalue weighted by Crippen LogP contribution is 1.94. The molecule has 17 heavy (non-hydrogen) atoms. The van der Waals surface area contributed by atoms with Gasteiger partial charge in [-0.3, -0.25) is 5.43 Å². The van der Waals surface area contributed by atoms with Gasteiger partial charge in [0.15, 0.2) is 0 Å². The summed E-state index contributed by atoms with van der Waals surface area (Å²) in [5, 5.41) is 2.19. The fourth-order valence-corrected chi connectivity index (χ4v) is 1.60. The molecule has 0 aliphatic carbocycles. The molecular formula is C11H23N3O3. The SMILES string of the molecule is CCOC(=O)COCCNN1CCN(C)CC1. The number of esters is 1. The van der Waals surface area contributed by atoms with Crippen LogP contribution in [0.25, 0.3) is 0 Å². The van der Waals surface area contributed by atoms with Gasteiger partial charge < -0.3 is 14.4 Å². The second-order valence-corrected chi connectivity index (χ2v) is 4.06. The fraction of sp³-hybridized carbons (Fsp3) is 0.909. The number of piperazine rings is 1. The molecule has 0 radical (unpaired) electrons. The second kappa shape index (κ2) is 8.41. The maximum absolute atomic E-state index is 11.0. The number of ether oxygens (including phenoxy) is 2. The predicted molar refractivity (Wildman–Crippen MR) is 64.5 cm³/mol. The topological polar surface area (TPSA) is 54.0 Å². The molecule has 1 saturated heterocycles. The van der Waals surface area contributed by atoms with Gasteiger partial charge in [0, 0.05) is 32.7 Å². The number of hydrazine groups is 1. The highest BCUT2D eigenvalue weighted by molar-refractivity contribution is 5.70. The average molecular weight is 245 g/mol. The zero-order valence-corrected chi connectivity index (χ0v) is 10.8. The van der Waals surface area contributed by atoms with Crippen molar-refractivity contribution in [1.29, 1.82) is 0 Å². The molecule has 1 heterocycles. The van der Waals surface area contributed by atoms with E-state index in [1.807, 2.05) is 0 Å². The van der Waals surface area contributed by atoms with Crippen LogP contribution in [0.2, 0.25) is 0 Å². The van der Waals surface area contributed by atoms with Crippen LogP contribution < -0.4 is 5.43 Å². The van der Waals surface area contributed by atoms with Crippen molar-refractivity contribution in [2.24, 2.45) is 0 Å². The lowest BCUT2D eigenvalue weighted by Gasteiger charge is -2.32. The van der Waals surface area contributed by atoms with E-state index < -0.39 is 0 Å². The van der Waals surface area contributed by atoms with Crippen molar-refractivity contribution in [3.8, 4) is 0 Å². The van der Waals surface area contributed by atoms with Gasteiger partial charge in [-0.2, -0.15) is 0 Å². The van der Waals surface area contributed by atoms with Crippen LogP contribution in [-0.4, -0.2) is 75.5 Å². The number of nitrogens with one attached hydrogen (secondary N) is 1. The summed E-state index contributed by atoms with van der Waals surface area (Å²) in [5.74, 6) is -0.299. The Labute approximate surface area is 103 Å². The second-order valence-electron chi connectivity index (χ2n) is 4.06. The van der Waals surface area contributed by atoms with Crippen LogP contribution in [0.15, 0.2) is 0 Å². The average Bonchev–Trinajstić information content (AvgIpc) is 2.31. The van der Waals surface area contributed by atoms with Gasteiger partial charge in [-0.1, -0.05) is 0 Å². The summed E-state index contributed by atoms with van der Waals surface area (Å²) < 4.78 is 9.94. The molecule has 0 aromatic heterocycles. The third-order valence-electron chi connectivity index (χ3n) is 2.61. The summed E-state index contributed by atoms with van der Waals surface area (Å²) in [6.45, 7) is 7.68. The van der Waals surface area contributed by atoms with Crippen molar-refractivity contribution in [2.45, 2.75) is 6.92 Å². The summed E-state index contributed by atoms with van der Waals surface area (Å²) >= 11 is 0. The molecule has 1 aliphatic heterocycles. The van der Waals surface area contributed by atoms with Crippen molar-refractivity contribution in [2.75, 3.05) is 59.6 Å². The summed E-state index contributed by atoms with van der Waals surface area (Å²) in [6, 6.07) is 0. The van der Waals surface area contributed by atoms with Crippen LogP contribution in [0, 0.1) is 0 Å². The van der Waals surface area contributed by atoms with Crippen molar-refractivity contribution < 1.29 is 14.3 Å². The van der Waals surface area contributed by atoms with Crippen LogP contribution in [0.3, 0.4) is 0 Å². The normalized spacial score (nSPS) is 18.2. The van der Waals surface area contributed by atoms with Gasteiger partial charge in [-0.05, 0) is 14.0 Å². The molecule has 0 atom stereocenters. The molecule has 1 aliphatic rings. The van der Waals surface area contributed by atoms with Crippen molar-refractivity contribution in [3.05, 3.63) is 0 Å². The smallest absolute Gasteiger partial charge is 0.332 e. The van der Waals surface area contributed by atoms with Crippen molar-refractivity contribution in [3.63, 3.8) is 0 Å². The first-order valence-electron chi connectivity index (χ1n) is 6.12. The summed E-state index contributed by atoms with van der Waals surface area (Å²) in [5.41, 5.74) is 3.28. The molecule has 0 aromatic rings. The molecule has 0 unspecified atom stereocenters. The largest absolute Gasteiger partial charge is 0.464 e. The van der Waals surface area contributed by atoms with Crippen LogP contribution in [0.4, 0.5) is 0 Å². The predicted octanol–water partition coefficient (Wildman–Crippen LogP) is -0.682. The van der Waals surface area contributed by atoms with E-state index in [-0.39, 0.29) is 12.6 Å². The number of hydrogen-bond donors (Lipinski definition) is 1. The molecule has 100 valence electrons. The molecule has 0 saturated carbocycles. The van der Waals surface area contributed by atoms with Gasteiger partial charge in [-0.25, -0.2) is 9.80 Å². The number of carbonyl (C=O) groups is 1. The van der Waals surface area contributed by atoms with E-state index in [1.54, 1.807) is 6.92 Å². The fourth-order valence-electron chi connectivity index (χ4n) is 1.60. The van der Waals surface area contributed by atoms with E-state index >= 15 is 0 Å². The lowest BCUT2D eigenvalue weighted by atomic mass is 10.4. The Bertz CT molecular complexity index is 218. The van der Waals surface area contributed by atoms with Crippen LogP contribution in [0.5, 0.6) is 0 Å². The Morgan fingerprint density at radius 2 is 2.00 bits per heavy atom. The number of carbonyl (C=O) groups excluding carboxylic acids is 1. The lowest BCUT2D eigenvalue weighted by molar-refractivity contribution is -0.148. The molecule has 0 aromatic carbocycles. The van der Waals surface area contributed by atoms with E-state index in [0.717, 1.165) is 32.7 Å². The number of hydrogen-bond acceptors (Lipinski definition) is 6. The molecule has 0 amide bonds. The lowest BCUT2D eigenvalue weighted by Crippen LogP contribution is -2.51. The highest BCUT2D eigenvalue weighted by atomic mass is 16.6. The zero-order valence-electron chi connectivity index (χ0n) is 10.8. The quantitative estimate of drug-likeness (QED) is 0.474. The Kier molecular flexibility index (Phi) is 7.11. The third-order valence-corrected chi connectivity index (χ3v) is 2.61. The summed E-state index contributed by atoms with van der Waals surface area (Å²) in [7, 11) is 2.12. The molecule has 0 bridgehead atoms. The Morgan fingerprint density at radius 1 is 1.29 bits per heavy atom. The highest BCUT2D eigenvalue weighted by Gasteiger charge is 2.12. The molecule has 1 fully saturated rings. The Morgan fingerprint density at radius 3 is 2.65 bits per heavy atom. The van der Waals surface area contributed by atoms with Gasteiger partial charge in [0.25, 0.3) is 0 Å². The van der Waals surface area contributed by atoms with Gasteiger partial charge in [0.05, 0.1) is 13.2 Å².